The van der Waals surface area contributed by atoms with Crippen LogP contribution in [0.5, 0.6) is 0 Å². The van der Waals surface area contributed by atoms with Crippen LogP contribution in [0.25, 0.3) is 0 Å². The Morgan fingerprint density at radius 1 is 1.50 bits per heavy atom. The SMILES string of the molecule is CC(CNCC(=O)Nc1cccc(Br)c1)S(C)=O. The molecule has 0 bridgehead atoms. The van der Waals surface area contributed by atoms with Gasteiger partial charge in [-0.2, -0.15) is 0 Å². The minimum atomic E-state index is -0.866. The van der Waals surface area contributed by atoms with Crippen LogP contribution in [0, 0.1) is 0 Å². The molecular weight excluding hydrogens is 316 g/mol. The van der Waals surface area contributed by atoms with E-state index in [2.05, 4.69) is 26.6 Å². The molecule has 1 amide bonds. The third kappa shape index (κ3) is 5.75. The monoisotopic (exact) mass is 332 g/mol. The van der Waals surface area contributed by atoms with Crippen LogP contribution in [-0.4, -0.2) is 34.7 Å². The summed E-state index contributed by atoms with van der Waals surface area (Å²) < 4.78 is 12.0. The van der Waals surface area contributed by atoms with E-state index in [1.54, 1.807) is 6.26 Å². The molecule has 4 nitrogen and oxygen atoms in total. The predicted octanol–water partition coefficient (Wildman–Crippen LogP) is 1.74. The summed E-state index contributed by atoms with van der Waals surface area (Å²) in [4.78, 5) is 11.6. The second-order valence-corrected chi connectivity index (χ2v) is 6.72. The van der Waals surface area contributed by atoms with Gasteiger partial charge in [-0.1, -0.05) is 22.0 Å². The lowest BCUT2D eigenvalue weighted by Crippen LogP contribution is -2.34. The molecule has 0 saturated heterocycles. The van der Waals surface area contributed by atoms with Crippen LogP contribution in [-0.2, 0) is 15.6 Å². The van der Waals surface area contributed by atoms with Gasteiger partial charge in [-0.3, -0.25) is 9.00 Å². The van der Waals surface area contributed by atoms with Crippen LogP contribution >= 0.6 is 15.9 Å². The second kappa shape index (κ2) is 7.66. The molecule has 0 aromatic heterocycles. The van der Waals surface area contributed by atoms with Crippen molar-refractivity contribution in [3.05, 3.63) is 28.7 Å². The minimum absolute atomic E-state index is 0.0451. The molecule has 0 aliphatic carbocycles. The summed E-state index contributed by atoms with van der Waals surface area (Å²) in [6, 6.07) is 7.41. The topological polar surface area (TPSA) is 58.2 Å². The van der Waals surface area contributed by atoms with Gasteiger partial charge < -0.3 is 10.6 Å². The van der Waals surface area contributed by atoms with Gasteiger partial charge in [0.25, 0.3) is 0 Å². The number of amides is 1. The quantitative estimate of drug-likeness (QED) is 0.834. The Morgan fingerprint density at radius 2 is 2.22 bits per heavy atom. The highest BCUT2D eigenvalue weighted by Crippen LogP contribution is 2.15. The van der Waals surface area contributed by atoms with Crippen LogP contribution in [0.4, 0.5) is 5.69 Å². The summed E-state index contributed by atoms with van der Waals surface area (Å²) >= 11 is 3.34. The summed E-state index contributed by atoms with van der Waals surface area (Å²) in [5.74, 6) is -0.109. The molecule has 2 N–H and O–H groups in total. The van der Waals surface area contributed by atoms with Crippen molar-refractivity contribution in [2.45, 2.75) is 12.2 Å². The third-order valence-electron chi connectivity index (χ3n) is 2.39. The smallest absolute Gasteiger partial charge is 0.238 e. The van der Waals surface area contributed by atoms with E-state index in [0.29, 0.717) is 6.54 Å². The highest BCUT2D eigenvalue weighted by molar-refractivity contribution is 9.10. The first kappa shape index (κ1) is 15.3. The highest BCUT2D eigenvalue weighted by atomic mass is 79.9. The number of halogens is 1. The van der Waals surface area contributed by atoms with Gasteiger partial charge in [-0.25, -0.2) is 0 Å². The number of carbonyl (C=O) groups excluding carboxylic acids is 1. The summed E-state index contributed by atoms with van der Waals surface area (Å²) in [6.45, 7) is 2.67. The number of nitrogens with one attached hydrogen (secondary N) is 2. The van der Waals surface area contributed by atoms with E-state index in [1.807, 2.05) is 31.2 Å². The Balaban J connectivity index is 2.32. The number of carbonyl (C=O) groups is 1. The van der Waals surface area contributed by atoms with Crippen molar-refractivity contribution in [3.63, 3.8) is 0 Å². The summed E-state index contributed by atoms with van der Waals surface area (Å²) in [5.41, 5.74) is 0.753. The third-order valence-corrected chi connectivity index (χ3v) is 4.19. The Bertz CT molecular complexity index is 440. The largest absolute Gasteiger partial charge is 0.325 e. The van der Waals surface area contributed by atoms with E-state index in [9.17, 15) is 9.00 Å². The fourth-order valence-electron chi connectivity index (χ4n) is 1.28. The van der Waals surface area contributed by atoms with Crippen molar-refractivity contribution < 1.29 is 9.00 Å². The highest BCUT2D eigenvalue weighted by Gasteiger charge is 2.07. The summed E-state index contributed by atoms with van der Waals surface area (Å²) in [5, 5.41) is 5.81. The van der Waals surface area contributed by atoms with Gasteiger partial charge in [0, 0.05) is 39.0 Å². The molecule has 2 unspecified atom stereocenters. The number of anilines is 1. The number of hydrogen-bond donors (Lipinski definition) is 2. The average molecular weight is 333 g/mol. The van der Waals surface area contributed by atoms with E-state index < -0.39 is 10.8 Å². The van der Waals surface area contributed by atoms with E-state index in [4.69, 9.17) is 0 Å². The zero-order valence-electron chi connectivity index (χ0n) is 10.4. The molecule has 2 atom stereocenters. The standard InChI is InChI=1S/C12H17BrN2O2S/c1-9(18(2)17)7-14-8-12(16)15-11-5-3-4-10(13)6-11/h3-6,9,14H,7-8H2,1-2H3,(H,15,16). The van der Waals surface area contributed by atoms with Crippen molar-refractivity contribution in [2.75, 3.05) is 24.7 Å². The molecule has 0 radical (unpaired) electrons. The average Bonchev–Trinajstić information content (AvgIpc) is 2.28. The van der Waals surface area contributed by atoms with Gasteiger partial charge in [0.1, 0.15) is 0 Å². The maximum Gasteiger partial charge on any atom is 0.238 e. The molecular formula is C12H17BrN2O2S. The normalized spacial score (nSPS) is 13.9. The van der Waals surface area contributed by atoms with Gasteiger partial charge >= 0.3 is 0 Å². The van der Waals surface area contributed by atoms with Crippen LogP contribution in [0.1, 0.15) is 6.92 Å². The van der Waals surface area contributed by atoms with Gasteiger partial charge in [0.05, 0.1) is 6.54 Å². The lowest BCUT2D eigenvalue weighted by atomic mass is 10.3. The molecule has 1 aromatic rings. The molecule has 1 rings (SSSR count). The molecule has 6 heteroatoms. The van der Waals surface area contributed by atoms with Crippen molar-refractivity contribution in [1.82, 2.24) is 5.32 Å². The van der Waals surface area contributed by atoms with Crippen molar-refractivity contribution in [1.29, 1.82) is 0 Å². The second-order valence-electron chi connectivity index (χ2n) is 4.00. The van der Waals surface area contributed by atoms with Crippen LogP contribution in [0.2, 0.25) is 0 Å². The maximum atomic E-state index is 11.6. The van der Waals surface area contributed by atoms with Crippen molar-refractivity contribution in [2.24, 2.45) is 0 Å². The molecule has 1 aromatic carbocycles. The fraction of sp³-hybridized carbons (Fsp3) is 0.417. The lowest BCUT2D eigenvalue weighted by Gasteiger charge is -2.10. The van der Waals surface area contributed by atoms with E-state index in [0.717, 1.165) is 10.2 Å². The lowest BCUT2D eigenvalue weighted by molar-refractivity contribution is -0.115. The van der Waals surface area contributed by atoms with Gasteiger partial charge in [-0.05, 0) is 25.1 Å². The molecule has 0 fully saturated rings. The van der Waals surface area contributed by atoms with Crippen molar-refractivity contribution >= 4 is 38.3 Å². The molecule has 0 saturated carbocycles. The zero-order chi connectivity index (χ0) is 13.5. The van der Waals surface area contributed by atoms with E-state index in [-0.39, 0.29) is 17.7 Å². The maximum absolute atomic E-state index is 11.6. The first-order valence-electron chi connectivity index (χ1n) is 5.57. The van der Waals surface area contributed by atoms with E-state index in [1.165, 1.54) is 0 Å². The Kier molecular flexibility index (Phi) is 6.52. The van der Waals surface area contributed by atoms with Gasteiger partial charge in [0.15, 0.2) is 0 Å². The molecule has 18 heavy (non-hydrogen) atoms. The Hall–Kier alpha value is -0.720. The summed E-state index contributed by atoms with van der Waals surface area (Å²) in [7, 11) is -0.866. The number of hydrogen-bond acceptors (Lipinski definition) is 3. The Labute approximate surface area is 118 Å². The van der Waals surface area contributed by atoms with Crippen LogP contribution in [0.15, 0.2) is 28.7 Å². The van der Waals surface area contributed by atoms with Gasteiger partial charge in [-0.15, -0.1) is 0 Å². The molecule has 100 valence electrons. The van der Waals surface area contributed by atoms with E-state index >= 15 is 0 Å². The molecule has 0 aliphatic heterocycles. The Morgan fingerprint density at radius 3 is 2.83 bits per heavy atom. The fourth-order valence-corrected chi connectivity index (χ4v) is 2.03. The van der Waals surface area contributed by atoms with Gasteiger partial charge in [0.2, 0.25) is 5.91 Å². The van der Waals surface area contributed by atoms with Crippen LogP contribution < -0.4 is 10.6 Å². The molecule has 0 heterocycles. The molecule has 0 spiro atoms. The van der Waals surface area contributed by atoms with Crippen LogP contribution in [0.3, 0.4) is 0 Å². The minimum Gasteiger partial charge on any atom is -0.325 e. The first-order valence-corrected chi connectivity index (χ1v) is 7.99. The predicted molar refractivity (Wildman–Crippen MR) is 79.2 cm³/mol. The van der Waals surface area contributed by atoms with Crippen molar-refractivity contribution in [3.8, 4) is 0 Å². The first-order chi connectivity index (χ1) is 8.49. The number of rotatable bonds is 6. The summed E-state index contributed by atoms with van der Waals surface area (Å²) in [6.07, 6.45) is 1.66. The zero-order valence-corrected chi connectivity index (χ0v) is 12.8. The molecule has 0 aliphatic rings. The number of benzene rings is 1.